The standard InChI is InChI=1S/C20H17N9/c1-13(14-5-3-2-4-6-14)23-20-21-10-9-18(24-20)29-12-22-16-11-15(7-8-17(16)29)19-25-27-28-26-19/h2-13H,1H3,(H,21,23,24)(H,25,26,27,28)/t13-/m0/s1. The Balaban J connectivity index is 1.45. The van der Waals surface area contributed by atoms with Crippen molar-refractivity contribution in [2.45, 2.75) is 13.0 Å². The molecule has 0 aliphatic carbocycles. The van der Waals surface area contributed by atoms with E-state index in [9.17, 15) is 0 Å². The number of fused-ring (bicyclic) bond motifs is 1. The summed E-state index contributed by atoms with van der Waals surface area (Å²) in [6.45, 7) is 2.08. The third-order valence-corrected chi connectivity index (χ3v) is 4.68. The third kappa shape index (κ3) is 3.29. The highest BCUT2D eigenvalue weighted by Crippen LogP contribution is 2.23. The van der Waals surface area contributed by atoms with Crippen LogP contribution in [0.4, 0.5) is 5.95 Å². The van der Waals surface area contributed by atoms with Gasteiger partial charge in [0, 0.05) is 11.8 Å². The van der Waals surface area contributed by atoms with Crippen LogP contribution in [0.5, 0.6) is 0 Å². The van der Waals surface area contributed by atoms with Crippen LogP contribution in [0, 0.1) is 0 Å². The molecular formula is C20H17N9. The second-order valence-electron chi connectivity index (χ2n) is 6.57. The van der Waals surface area contributed by atoms with Crippen molar-refractivity contribution in [1.29, 1.82) is 0 Å². The van der Waals surface area contributed by atoms with Crippen molar-refractivity contribution in [1.82, 2.24) is 40.1 Å². The lowest BCUT2D eigenvalue weighted by atomic mass is 10.1. The van der Waals surface area contributed by atoms with Crippen LogP contribution in [-0.2, 0) is 0 Å². The van der Waals surface area contributed by atoms with Crippen molar-refractivity contribution in [3.63, 3.8) is 0 Å². The Bertz CT molecular complexity index is 1250. The molecule has 9 nitrogen and oxygen atoms in total. The van der Waals surface area contributed by atoms with Crippen LogP contribution >= 0.6 is 0 Å². The van der Waals surface area contributed by atoms with Gasteiger partial charge in [-0.2, -0.15) is 10.2 Å². The zero-order chi connectivity index (χ0) is 19.6. The number of anilines is 1. The number of benzene rings is 2. The molecule has 0 spiro atoms. The molecule has 2 aromatic carbocycles. The fourth-order valence-corrected chi connectivity index (χ4v) is 3.19. The summed E-state index contributed by atoms with van der Waals surface area (Å²) < 4.78 is 1.93. The van der Waals surface area contributed by atoms with Crippen LogP contribution in [0.15, 0.2) is 67.1 Å². The average molecular weight is 383 g/mol. The minimum Gasteiger partial charge on any atom is -0.348 e. The van der Waals surface area contributed by atoms with Gasteiger partial charge in [0.25, 0.3) is 0 Å². The summed E-state index contributed by atoms with van der Waals surface area (Å²) in [6, 6.07) is 18.0. The lowest BCUT2D eigenvalue weighted by Gasteiger charge is -2.14. The highest BCUT2D eigenvalue weighted by Gasteiger charge is 2.11. The van der Waals surface area contributed by atoms with E-state index in [1.165, 1.54) is 5.56 Å². The van der Waals surface area contributed by atoms with Gasteiger partial charge in [-0.3, -0.25) is 4.57 Å². The molecule has 0 aliphatic heterocycles. The largest absolute Gasteiger partial charge is 0.348 e. The number of tetrazole rings is 1. The maximum Gasteiger partial charge on any atom is 0.225 e. The van der Waals surface area contributed by atoms with Crippen LogP contribution < -0.4 is 5.32 Å². The Hall–Kier alpha value is -4.14. The van der Waals surface area contributed by atoms with Crippen LogP contribution in [0.3, 0.4) is 0 Å². The highest BCUT2D eigenvalue weighted by atomic mass is 15.5. The van der Waals surface area contributed by atoms with Crippen molar-refractivity contribution >= 4 is 17.0 Å². The summed E-state index contributed by atoms with van der Waals surface area (Å²) in [5.74, 6) is 1.83. The number of nitrogens with zero attached hydrogens (tertiary/aromatic N) is 7. The van der Waals surface area contributed by atoms with Gasteiger partial charge in [-0.25, -0.2) is 9.97 Å². The number of hydrogen-bond acceptors (Lipinski definition) is 7. The second kappa shape index (κ2) is 7.12. The predicted molar refractivity (Wildman–Crippen MR) is 108 cm³/mol. The summed E-state index contributed by atoms with van der Waals surface area (Å²) in [5.41, 5.74) is 3.76. The van der Waals surface area contributed by atoms with Crippen molar-refractivity contribution < 1.29 is 0 Å². The minimum atomic E-state index is 0.0866. The van der Waals surface area contributed by atoms with Gasteiger partial charge >= 0.3 is 0 Å². The highest BCUT2D eigenvalue weighted by molar-refractivity contribution is 5.81. The van der Waals surface area contributed by atoms with E-state index in [2.05, 4.69) is 59.9 Å². The molecule has 0 unspecified atom stereocenters. The molecule has 3 heterocycles. The van der Waals surface area contributed by atoms with Gasteiger partial charge in [0.05, 0.1) is 17.1 Å². The van der Waals surface area contributed by atoms with Crippen molar-refractivity contribution in [3.05, 3.63) is 72.7 Å². The molecule has 9 heteroatoms. The summed E-state index contributed by atoms with van der Waals surface area (Å²) in [5, 5.41) is 17.4. The van der Waals surface area contributed by atoms with Gasteiger partial charge in [-0.15, -0.1) is 10.2 Å². The predicted octanol–water partition coefficient (Wildman–Crippen LogP) is 3.17. The molecule has 0 bridgehead atoms. The molecule has 3 aromatic heterocycles. The summed E-state index contributed by atoms with van der Waals surface area (Å²) in [6.07, 6.45) is 3.49. The van der Waals surface area contributed by atoms with E-state index in [1.807, 2.05) is 47.0 Å². The van der Waals surface area contributed by atoms with E-state index in [-0.39, 0.29) is 6.04 Å². The normalized spacial score (nSPS) is 12.2. The van der Waals surface area contributed by atoms with Gasteiger partial charge in [-0.1, -0.05) is 30.3 Å². The van der Waals surface area contributed by atoms with Crippen LogP contribution in [0.1, 0.15) is 18.5 Å². The molecule has 0 aliphatic rings. The topological polar surface area (TPSA) is 110 Å². The molecule has 5 aromatic rings. The fourth-order valence-electron chi connectivity index (χ4n) is 3.19. The molecule has 5 rings (SSSR count). The number of hydrogen-bond donors (Lipinski definition) is 2. The summed E-state index contributed by atoms with van der Waals surface area (Å²) in [4.78, 5) is 13.5. The van der Waals surface area contributed by atoms with Gasteiger partial charge < -0.3 is 5.32 Å². The number of H-pyrrole nitrogens is 1. The van der Waals surface area contributed by atoms with Crippen LogP contribution in [-0.4, -0.2) is 40.1 Å². The Labute approximate surface area is 165 Å². The van der Waals surface area contributed by atoms with Gasteiger partial charge in [0.1, 0.15) is 12.1 Å². The number of rotatable bonds is 5. The Morgan fingerprint density at radius 3 is 2.76 bits per heavy atom. The SMILES string of the molecule is C[C@H](Nc1nccc(-n2cnc3cc(-c4nn[nH]n4)ccc32)n1)c1ccccc1. The van der Waals surface area contributed by atoms with Gasteiger partial charge in [0.2, 0.25) is 11.8 Å². The maximum absolute atomic E-state index is 4.66. The molecule has 0 saturated carbocycles. The van der Waals surface area contributed by atoms with Gasteiger partial charge in [0.15, 0.2) is 0 Å². The van der Waals surface area contributed by atoms with Crippen LogP contribution in [0.2, 0.25) is 0 Å². The summed E-state index contributed by atoms with van der Waals surface area (Å²) in [7, 11) is 0. The monoisotopic (exact) mass is 383 g/mol. The van der Waals surface area contributed by atoms with E-state index in [0.29, 0.717) is 11.8 Å². The van der Waals surface area contributed by atoms with E-state index < -0.39 is 0 Å². The molecule has 29 heavy (non-hydrogen) atoms. The van der Waals surface area contributed by atoms with E-state index in [0.717, 1.165) is 22.4 Å². The first-order valence-corrected chi connectivity index (χ1v) is 9.14. The summed E-state index contributed by atoms with van der Waals surface area (Å²) >= 11 is 0. The Kier molecular flexibility index (Phi) is 4.17. The molecule has 0 saturated heterocycles. The van der Waals surface area contributed by atoms with Crippen molar-refractivity contribution in [3.8, 4) is 17.2 Å². The Morgan fingerprint density at radius 1 is 1.03 bits per heavy atom. The first-order chi connectivity index (χ1) is 14.3. The zero-order valence-corrected chi connectivity index (χ0v) is 15.6. The molecule has 1 atom stereocenters. The quantitative estimate of drug-likeness (QED) is 0.479. The van der Waals surface area contributed by atoms with Crippen molar-refractivity contribution in [2.75, 3.05) is 5.32 Å². The smallest absolute Gasteiger partial charge is 0.225 e. The Morgan fingerprint density at radius 2 is 1.93 bits per heavy atom. The average Bonchev–Trinajstić information content (AvgIpc) is 3.44. The molecule has 2 N–H and O–H groups in total. The lowest BCUT2D eigenvalue weighted by molar-refractivity contribution is 0.854. The minimum absolute atomic E-state index is 0.0866. The number of nitrogens with one attached hydrogen (secondary N) is 2. The maximum atomic E-state index is 4.66. The fraction of sp³-hybridized carbons (Fsp3) is 0.100. The molecule has 0 radical (unpaired) electrons. The molecule has 142 valence electrons. The first-order valence-electron chi connectivity index (χ1n) is 9.14. The van der Waals surface area contributed by atoms with Gasteiger partial charge in [-0.05, 0) is 42.0 Å². The lowest BCUT2D eigenvalue weighted by Crippen LogP contribution is -2.10. The van der Waals surface area contributed by atoms with E-state index in [4.69, 9.17) is 0 Å². The van der Waals surface area contributed by atoms with Crippen molar-refractivity contribution in [2.24, 2.45) is 0 Å². The molecule has 0 amide bonds. The second-order valence-corrected chi connectivity index (χ2v) is 6.57. The number of aromatic amines is 1. The number of imidazole rings is 1. The zero-order valence-electron chi connectivity index (χ0n) is 15.6. The molecule has 0 fully saturated rings. The first kappa shape index (κ1) is 17.0. The number of aromatic nitrogens is 8. The third-order valence-electron chi connectivity index (χ3n) is 4.68. The molecular weight excluding hydrogens is 366 g/mol. The van der Waals surface area contributed by atoms with E-state index >= 15 is 0 Å². The van der Waals surface area contributed by atoms with E-state index in [1.54, 1.807) is 12.5 Å². The van der Waals surface area contributed by atoms with Crippen LogP contribution in [0.25, 0.3) is 28.2 Å².